The maximum absolute atomic E-state index is 12.0. The van der Waals surface area contributed by atoms with Crippen LogP contribution in [-0.4, -0.2) is 43.3 Å². The molecule has 1 aliphatic heterocycles. The van der Waals surface area contributed by atoms with Gasteiger partial charge in [-0.2, -0.15) is 0 Å². The highest BCUT2D eigenvalue weighted by Crippen LogP contribution is 2.21. The molecule has 1 heterocycles. The van der Waals surface area contributed by atoms with Crippen LogP contribution in [0.25, 0.3) is 0 Å². The van der Waals surface area contributed by atoms with Crippen molar-refractivity contribution < 1.29 is 22.8 Å². The molecule has 0 spiro atoms. The second-order valence-electron chi connectivity index (χ2n) is 4.28. The van der Waals surface area contributed by atoms with Gasteiger partial charge in [0.15, 0.2) is 0 Å². The fraction of sp³-hybridized carbons (Fsp3) is 0.250. The predicted octanol–water partition coefficient (Wildman–Crippen LogP) is -0.251. The zero-order chi connectivity index (χ0) is 14.9. The Balaban J connectivity index is 2.12. The van der Waals surface area contributed by atoms with Crippen molar-refractivity contribution in [1.82, 2.24) is 9.62 Å². The SMILES string of the molecule is CC(=O)NS(=O)(=O)CCN1C(=O)c2ccccc2C1=O. The number of nitrogens with one attached hydrogen (secondary N) is 1. The summed E-state index contributed by atoms with van der Waals surface area (Å²) < 4.78 is 24.8. The fourth-order valence-corrected chi connectivity index (χ4v) is 2.89. The minimum atomic E-state index is -3.85. The molecule has 3 amide bonds. The Labute approximate surface area is 115 Å². The Kier molecular flexibility index (Phi) is 3.58. The number of hydrogen-bond donors (Lipinski definition) is 1. The quantitative estimate of drug-likeness (QED) is 0.772. The average Bonchev–Trinajstić information content (AvgIpc) is 2.59. The number of fused-ring (bicyclic) bond motifs is 1. The van der Waals surface area contributed by atoms with E-state index in [2.05, 4.69) is 0 Å². The molecule has 0 saturated carbocycles. The Morgan fingerprint density at radius 2 is 1.65 bits per heavy atom. The Bertz CT molecular complexity index is 661. The third-order valence-electron chi connectivity index (χ3n) is 2.76. The van der Waals surface area contributed by atoms with Gasteiger partial charge in [0.1, 0.15) is 0 Å². The lowest BCUT2D eigenvalue weighted by Crippen LogP contribution is -2.38. The van der Waals surface area contributed by atoms with Crippen molar-refractivity contribution in [3.8, 4) is 0 Å². The third-order valence-corrected chi connectivity index (χ3v) is 4.08. The topological polar surface area (TPSA) is 101 Å². The van der Waals surface area contributed by atoms with Crippen LogP contribution in [0.3, 0.4) is 0 Å². The predicted molar refractivity (Wildman–Crippen MR) is 69.4 cm³/mol. The molecule has 0 saturated heterocycles. The molecule has 0 aliphatic carbocycles. The van der Waals surface area contributed by atoms with E-state index in [-0.39, 0.29) is 17.7 Å². The van der Waals surface area contributed by atoms with E-state index in [0.29, 0.717) is 0 Å². The lowest BCUT2D eigenvalue weighted by atomic mass is 10.1. The number of nitrogens with zero attached hydrogens (tertiary/aromatic N) is 1. The zero-order valence-electron chi connectivity index (χ0n) is 10.6. The van der Waals surface area contributed by atoms with Crippen molar-refractivity contribution in [1.29, 1.82) is 0 Å². The van der Waals surface area contributed by atoms with Gasteiger partial charge in [0, 0.05) is 13.5 Å². The van der Waals surface area contributed by atoms with Gasteiger partial charge in [0.2, 0.25) is 15.9 Å². The van der Waals surface area contributed by atoms with Gasteiger partial charge in [-0.3, -0.25) is 24.0 Å². The van der Waals surface area contributed by atoms with Crippen molar-refractivity contribution >= 4 is 27.7 Å². The fourth-order valence-electron chi connectivity index (χ4n) is 1.92. The van der Waals surface area contributed by atoms with Gasteiger partial charge in [-0.1, -0.05) is 12.1 Å². The van der Waals surface area contributed by atoms with Gasteiger partial charge in [-0.05, 0) is 12.1 Å². The lowest BCUT2D eigenvalue weighted by molar-refractivity contribution is -0.117. The summed E-state index contributed by atoms with van der Waals surface area (Å²) in [6, 6.07) is 6.28. The summed E-state index contributed by atoms with van der Waals surface area (Å²) in [5.74, 6) is -2.28. The molecule has 1 aliphatic rings. The van der Waals surface area contributed by atoms with Crippen LogP contribution in [0.15, 0.2) is 24.3 Å². The summed E-state index contributed by atoms with van der Waals surface area (Å²) in [6.45, 7) is 0.772. The highest BCUT2D eigenvalue weighted by atomic mass is 32.2. The minimum Gasteiger partial charge on any atom is -0.274 e. The first-order valence-electron chi connectivity index (χ1n) is 5.78. The molecule has 0 unspecified atom stereocenters. The van der Waals surface area contributed by atoms with E-state index in [0.717, 1.165) is 11.8 Å². The molecule has 2 rings (SSSR count). The van der Waals surface area contributed by atoms with E-state index >= 15 is 0 Å². The standard InChI is InChI=1S/C12H12N2O5S/c1-8(15)13-20(18,19)7-6-14-11(16)9-4-2-3-5-10(9)12(14)17/h2-5H,6-7H2,1H3,(H,13,15). The van der Waals surface area contributed by atoms with Crippen LogP contribution in [0.2, 0.25) is 0 Å². The van der Waals surface area contributed by atoms with Crippen LogP contribution in [0.5, 0.6) is 0 Å². The Hall–Kier alpha value is -2.22. The first kappa shape index (κ1) is 14.2. The molecule has 1 aromatic carbocycles. The first-order valence-corrected chi connectivity index (χ1v) is 7.43. The summed E-state index contributed by atoms with van der Waals surface area (Å²) in [7, 11) is -3.85. The molecule has 20 heavy (non-hydrogen) atoms. The van der Waals surface area contributed by atoms with Crippen molar-refractivity contribution in [2.45, 2.75) is 6.92 Å². The molecule has 0 aromatic heterocycles. The molecule has 1 N–H and O–H groups in total. The number of imide groups is 1. The monoisotopic (exact) mass is 296 g/mol. The number of carbonyl (C=O) groups is 3. The number of amides is 3. The highest BCUT2D eigenvalue weighted by Gasteiger charge is 2.35. The zero-order valence-corrected chi connectivity index (χ0v) is 11.4. The smallest absolute Gasteiger partial charge is 0.261 e. The maximum Gasteiger partial charge on any atom is 0.261 e. The molecule has 7 nitrogen and oxygen atoms in total. The van der Waals surface area contributed by atoms with Crippen LogP contribution in [0, 0.1) is 0 Å². The van der Waals surface area contributed by atoms with Gasteiger partial charge >= 0.3 is 0 Å². The molecule has 106 valence electrons. The summed E-state index contributed by atoms with van der Waals surface area (Å²) >= 11 is 0. The number of sulfonamides is 1. The summed E-state index contributed by atoms with van der Waals surface area (Å²) in [5, 5.41) is 0. The van der Waals surface area contributed by atoms with Crippen molar-refractivity contribution in [3.63, 3.8) is 0 Å². The third kappa shape index (κ3) is 2.69. The molecular weight excluding hydrogens is 284 g/mol. The van der Waals surface area contributed by atoms with E-state index in [1.807, 2.05) is 0 Å². The molecule has 1 aromatic rings. The Morgan fingerprint density at radius 3 is 2.10 bits per heavy atom. The van der Waals surface area contributed by atoms with E-state index < -0.39 is 33.5 Å². The maximum atomic E-state index is 12.0. The van der Waals surface area contributed by atoms with Gasteiger partial charge in [-0.15, -0.1) is 0 Å². The molecule has 0 atom stereocenters. The van der Waals surface area contributed by atoms with Crippen LogP contribution >= 0.6 is 0 Å². The van der Waals surface area contributed by atoms with Crippen LogP contribution in [0.4, 0.5) is 0 Å². The minimum absolute atomic E-state index is 0.259. The van der Waals surface area contributed by atoms with Gasteiger partial charge in [0.05, 0.1) is 16.9 Å². The van der Waals surface area contributed by atoms with Crippen molar-refractivity contribution in [2.75, 3.05) is 12.3 Å². The Morgan fingerprint density at radius 1 is 1.15 bits per heavy atom. The van der Waals surface area contributed by atoms with Crippen molar-refractivity contribution in [2.24, 2.45) is 0 Å². The highest BCUT2D eigenvalue weighted by molar-refractivity contribution is 7.90. The molecule has 0 bridgehead atoms. The number of hydrogen-bond acceptors (Lipinski definition) is 5. The molecule has 8 heteroatoms. The second kappa shape index (κ2) is 5.04. The van der Waals surface area contributed by atoms with Crippen LogP contribution in [-0.2, 0) is 14.8 Å². The number of benzene rings is 1. The van der Waals surface area contributed by atoms with Crippen molar-refractivity contribution in [3.05, 3.63) is 35.4 Å². The number of rotatable bonds is 4. The largest absolute Gasteiger partial charge is 0.274 e. The van der Waals surface area contributed by atoms with E-state index in [1.165, 1.54) is 12.1 Å². The number of carbonyl (C=O) groups excluding carboxylic acids is 3. The molecule has 0 fully saturated rings. The van der Waals surface area contributed by atoms with E-state index in [4.69, 9.17) is 0 Å². The molecular formula is C12H12N2O5S. The van der Waals surface area contributed by atoms with Gasteiger partial charge in [-0.25, -0.2) is 8.42 Å². The van der Waals surface area contributed by atoms with Crippen LogP contribution < -0.4 is 4.72 Å². The lowest BCUT2D eigenvalue weighted by Gasteiger charge is -2.13. The van der Waals surface area contributed by atoms with Gasteiger partial charge < -0.3 is 0 Å². The normalized spacial score (nSPS) is 14.3. The van der Waals surface area contributed by atoms with E-state index in [9.17, 15) is 22.8 Å². The summed E-state index contributed by atoms with van der Waals surface area (Å²) in [5.41, 5.74) is 0.517. The van der Waals surface area contributed by atoms with Crippen LogP contribution in [0.1, 0.15) is 27.6 Å². The second-order valence-corrected chi connectivity index (χ2v) is 6.13. The molecule has 0 radical (unpaired) electrons. The van der Waals surface area contributed by atoms with Gasteiger partial charge in [0.25, 0.3) is 11.8 Å². The first-order chi connectivity index (χ1) is 9.32. The average molecular weight is 296 g/mol. The summed E-state index contributed by atoms with van der Waals surface area (Å²) in [4.78, 5) is 35.5. The van der Waals surface area contributed by atoms with E-state index in [1.54, 1.807) is 16.9 Å². The summed E-state index contributed by atoms with van der Waals surface area (Å²) in [6.07, 6.45) is 0.